The first kappa shape index (κ1) is 15.2. The Labute approximate surface area is 113 Å². The largest absolute Gasteiger partial charge is 0.327 e. The van der Waals surface area contributed by atoms with Gasteiger partial charge in [-0.15, -0.1) is 0 Å². The molecule has 0 saturated carbocycles. The van der Waals surface area contributed by atoms with Gasteiger partial charge in [0.05, 0.1) is 0 Å². The molecule has 0 aliphatic rings. The van der Waals surface area contributed by atoms with Crippen molar-refractivity contribution >= 4 is 0 Å². The van der Waals surface area contributed by atoms with Gasteiger partial charge in [-0.1, -0.05) is 58.0 Å². The number of nitrogens with two attached hydrogens (primary N) is 1. The monoisotopic (exact) mass is 247 g/mol. The molecule has 0 amide bonds. The molecule has 0 spiro atoms. The van der Waals surface area contributed by atoms with Gasteiger partial charge in [0.25, 0.3) is 0 Å². The molecule has 0 heterocycles. The van der Waals surface area contributed by atoms with E-state index in [9.17, 15) is 0 Å². The lowest BCUT2D eigenvalue weighted by Gasteiger charge is -2.38. The summed E-state index contributed by atoms with van der Waals surface area (Å²) >= 11 is 0. The van der Waals surface area contributed by atoms with Crippen LogP contribution in [0.5, 0.6) is 0 Å². The average Bonchev–Trinajstić information content (AvgIpc) is 2.39. The third-order valence-electron chi connectivity index (χ3n) is 4.38. The standard InChI is InChI=1S/C17H29N/c1-5-17(6-2,15-10-8-7-9-11-15)16(18)13-12-14(3)4/h7-11,14,16H,5-6,12-13,18H2,1-4H3. The van der Waals surface area contributed by atoms with E-state index in [1.54, 1.807) is 0 Å². The summed E-state index contributed by atoms with van der Waals surface area (Å²) in [4.78, 5) is 0. The van der Waals surface area contributed by atoms with Gasteiger partial charge >= 0.3 is 0 Å². The van der Waals surface area contributed by atoms with Gasteiger partial charge in [0.1, 0.15) is 0 Å². The minimum absolute atomic E-state index is 0.149. The molecule has 1 aromatic rings. The van der Waals surface area contributed by atoms with Crippen LogP contribution in [0.4, 0.5) is 0 Å². The first-order chi connectivity index (χ1) is 8.56. The first-order valence-corrected chi connectivity index (χ1v) is 7.38. The summed E-state index contributed by atoms with van der Waals surface area (Å²) < 4.78 is 0. The minimum atomic E-state index is 0.149. The molecule has 18 heavy (non-hydrogen) atoms. The molecule has 1 aromatic carbocycles. The predicted octanol–water partition coefficient (Wildman–Crippen LogP) is 4.51. The van der Waals surface area contributed by atoms with Crippen molar-refractivity contribution in [1.82, 2.24) is 0 Å². The molecule has 0 aliphatic carbocycles. The zero-order chi connectivity index (χ0) is 13.6. The van der Waals surface area contributed by atoms with Crippen molar-refractivity contribution in [3.8, 4) is 0 Å². The van der Waals surface area contributed by atoms with Crippen LogP contribution < -0.4 is 5.73 Å². The van der Waals surface area contributed by atoms with E-state index < -0.39 is 0 Å². The Morgan fingerprint density at radius 1 is 1.00 bits per heavy atom. The normalized spacial score (nSPS) is 13.9. The van der Waals surface area contributed by atoms with E-state index in [0.717, 1.165) is 25.2 Å². The summed E-state index contributed by atoms with van der Waals surface area (Å²) in [5.41, 5.74) is 8.11. The molecule has 0 aliphatic heterocycles. The van der Waals surface area contributed by atoms with E-state index >= 15 is 0 Å². The van der Waals surface area contributed by atoms with Crippen LogP contribution in [-0.4, -0.2) is 6.04 Å². The van der Waals surface area contributed by atoms with Crippen LogP contribution in [0.1, 0.15) is 58.9 Å². The van der Waals surface area contributed by atoms with Crippen molar-refractivity contribution in [3.63, 3.8) is 0 Å². The van der Waals surface area contributed by atoms with Gasteiger partial charge in [-0.2, -0.15) is 0 Å². The summed E-state index contributed by atoms with van der Waals surface area (Å²) in [6.07, 6.45) is 4.57. The number of rotatable bonds is 7. The predicted molar refractivity (Wildman–Crippen MR) is 80.7 cm³/mol. The summed E-state index contributed by atoms with van der Waals surface area (Å²) in [6, 6.07) is 11.1. The Balaban J connectivity index is 2.93. The lowest BCUT2D eigenvalue weighted by atomic mass is 9.69. The molecule has 0 saturated heterocycles. The Morgan fingerprint density at radius 3 is 2.00 bits per heavy atom. The topological polar surface area (TPSA) is 26.0 Å². The lowest BCUT2D eigenvalue weighted by Crippen LogP contribution is -2.44. The van der Waals surface area contributed by atoms with Gasteiger partial charge in [-0.3, -0.25) is 0 Å². The third kappa shape index (κ3) is 3.35. The molecule has 1 atom stereocenters. The summed E-state index contributed by atoms with van der Waals surface area (Å²) in [5, 5.41) is 0. The highest BCUT2D eigenvalue weighted by molar-refractivity contribution is 5.27. The molecule has 0 radical (unpaired) electrons. The smallest absolute Gasteiger partial charge is 0.0136 e. The highest BCUT2D eigenvalue weighted by atomic mass is 14.7. The first-order valence-electron chi connectivity index (χ1n) is 7.38. The van der Waals surface area contributed by atoms with Crippen LogP contribution in [-0.2, 0) is 5.41 Å². The third-order valence-corrected chi connectivity index (χ3v) is 4.38. The molecule has 0 bridgehead atoms. The van der Waals surface area contributed by atoms with Crippen molar-refractivity contribution in [1.29, 1.82) is 0 Å². The number of benzene rings is 1. The molecule has 1 heteroatoms. The second-order valence-electron chi connectivity index (χ2n) is 5.81. The summed E-state index contributed by atoms with van der Waals surface area (Å²) in [6.45, 7) is 9.08. The summed E-state index contributed by atoms with van der Waals surface area (Å²) in [7, 11) is 0. The molecule has 1 unspecified atom stereocenters. The van der Waals surface area contributed by atoms with Crippen molar-refractivity contribution in [2.45, 2.75) is 64.8 Å². The molecule has 2 N–H and O–H groups in total. The van der Waals surface area contributed by atoms with E-state index in [1.807, 2.05) is 0 Å². The molecule has 0 aromatic heterocycles. The Morgan fingerprint density at radius 2 is 1.56 bits per heavy atom. The van der Waals surface area contributed by atoms with E-state index in [0.29, 0.717) is 0 Å². The Hall–Kier alpha value is -0.820. The van der Waals surface area contributed by atoms with Crippen molar-refractivity contribution < 1.29 is 0 Å². The maximum atomic E-state index is 6.55. The molecule has 1 rings (SSSR count). The van der Waals surface area contributed by atoms with Gasteiger partial charge in [0, 0.05) is 11.5 Å². The average molecular weight is 247 g/mol. The summed E-state index contributed by atoms with van der Waals surface area (Å²) in [5.74, 6) is 0.734. The minimum Gasteiger partial charge on any atom is -0.327 e. The van der Waals surface area contributed by atoms with Crippen LogP contribution in [0.3, 0.4) is 0 Å². The highest BCUT2D eigenvalue weighted by Gasteiger charge is 2.34. The number of hydrogen-bond acceptors (Lipinski definition) is 1. The molecule has 1 nitrogen and oxygen atoms in total. The fourth-order valence-electron chi connectivity index (χ4n) is 2.96. The van der Waals surface area contributed by atoms with E-state index in [2.05, 4.69) is 58.0 Å². The SMILES string of the molecule is CCC(CC)(c1ccccc1)C(N)CCC(C)C. The van der Waals surface area contributed by atoms with Crippen LogP contribution in [0, 0.1) is 5.92 Å². The molecule has 0 fully saturated rings. The van der Waals surface area contributed by atoms with Gasteiger partial charge in [0.2, 0.25) is 0 Å². The van der Waals surface area contributed by atoms with Crippen molar-refractivity contribution in [2.75, 3.05) is 0 Å². The maximum absolute atomic E-state index is 6.55. The van der Waals surface area contributed by atoms with Gasteiger partial charge in [-0.05, 0) is 37.2 Å². The van der Waals surface area contributed by atoms with Gasteiger partial charge in [-0.25, -0.2) is 0 Å². The Kier molecular flexibility index (Phi) is 5.87. The fourth-order valence-corrected chi connectivity index (χ4v) is 2.96. The van der Waals surface area contributed by atoms with Crippen molar-refractivity contribution in [2.24, 2.45) is 11.7 Å². The lowest BCUT2D eigenvalue weighted by molar-refractivity contribution is 0.290. The van der Waals surface area contributed by atoms with E-state index in [-0.39, 0.29) is 11.5 Å². The Bertz CT molecular complexity index is 325. The highest BCUT2D eigenvalue weighted by Crippen LogP contribution is 2.36. The van der Waals surface area contributed by atoms with E-state index in [4.69, 9.17) is 5.73 Å². The van der Waals surface area contributed by atoms with Crippen molar-refractivity contribution in [3.05, 3.63) is 35.9 Å². The van der Waals surface area contributed by atoms with Crippen LogP contribution in [0.15, 0.2) is 30.3 Å². The second-order valence-corrected chi connectivity index (χ2v) is 5.81. The second kappa shape index (κ2) is 6.94. The molecular formula is C17H29N. The number of hydrogen-bond donors (Lipinski definition) is 1. The van der Waals surface area contributed by atoms with Crippen LogP contribution in [0.2, 0.25) is 0 Å². The zero-order valence-corrected chi connectivity index (χ0v) is 12.4. The fraction of sp³-hybridized carbons (Fsp3) is 0.647. The van der Waals surface area contributed by atoms with Gasteiger partial charge in [0.15, 0.2) is 0 Å². The molecular weight excluding hydrogens is 218 g/mol. The van der Waals surface area contributed by atoms with Gasteiger partial charge < -0.3 is 5.73 Å². The quantitative estimate of drug-likeness (QED) is 0.754. The van der Waals surface area contributed by atoms with Crippen LogP contribution >= 0.6 is 0 Å². The van der Waals surface area contributed by atoms with Crippen LogP contribution in [0.25, 0.3) is 0 Å². The molecule has 102 valence electrons. The zero-order valence-electron chi connectivity index (χ0n) is 12.4. The van der Waals surface area contributed by atoms with E-state index in [1.165, 1.54) is 12.0 Å². The maximum Gasteiger partial charge on any atom is 0.0136 e.